The van der Waals surface area contributed by atoms with Crippen LogP contribution < -0.4 is 10.1 Å². The summed E-state index contributed by atoms with van der Waals surface area (Å²) in [5.74, 6) is 0.557. The molecule has 0 aliphatic rings. The molecule has 1 atom stereocenters. The van der Waals surface area contributed by atoms with Crippen LogP contribution in [-0.4, -0.2) is 20.3 Å². The Morgan fingerprint density at radius 3 is 2.67 bits per heavy atom. The molecule has 0 aromatic heterocycles. The van der Waals surface area contributed by atoms with Crippen molar-refractivity contribution in [2.75, 3.05) is 25.6 Å². The van der Waals surface area contributed by atoms with Crippen molar-refractivity contribution in [3.8, 4) is 5.75 Å². The highest BCUT2D eigenvalue weighted by atomic mass is 19.1. The molecule has 0 aliphatic heterocycles. The van der Waals surface area contributed by atoms with E-state index >= 15 is 0 Å². The Labute approximate surface area is 124 Å². The van der Waals surface area contributed by atoms with E-state index in [4.69, 9.17) is 9.47 Å². The smallest absolute Gasteiger partial charge is 0.123 e. The third-order valence-electron chi connectivity index (χ3n) is 3.12. The lowest BCUT2D eigenvalue weighted by molar-refractivity contribution is 0.146. The van der Waals surface area contributed by atoms with Crippen LogP contribution in [0, 0.1) is 5.82 Å². The minimum Gasteiger partial charge on any atom is -0.491 e. The van der Waals surface area contributed by atoms with E-state index in [2.05, 4.69) is 5.32 Å². The van der Waals surface area contributed by atoms with Gasteiger partial charge in [0.25, 0.3) is 0 Å². The summed E-state index contributed by atoms with van der Waals surface area (Å²) in [6.45, 7) is 3.06. The number of hydrogen-bond acceptors (Lipinski definition) is 3. The quantitative estimate of drug-likeness (QED) is 0.781. The second kappa shape index (κ2) is 7.64. The molecule has 0 saturated heterocycles. The van der Waals surface area contributed by atoms with Crippen LogP contribution in [0.2, 0.25) is 0 Å². The lowest BCUT2D eigenvalue weighted by Gasteiger charge is -2.16. The molecule has 2 aromatic rings. The molecule has 3 nitrogen and oxygen atoms in total. The number of nitrogens with one attached hydrogen (secondary N) is 1. The summed E-state index contributed by atoms with van der Waals surface area (Å²) < 4.78 is 23.8. The first-order valence-electron chi connectivity index (χ1n) is 6.93. The number of halogens is 1. The van der Waals surface area contributed by atoms with Crippen molar-refractivity contribution in [3.63, 3.8) is 0 Å². The van der Waals surface area contributed by atoms with Gasteiger partial charge < -0.3 is 14.8 Å². The summed E-state index contributed by atoms with van der Waals surface area (Å²) in [5, 5.41) is 3.34. The SMILES string of the molecule is COCCOc1cccc(NC(C)c2cccc(F)c2)c1. The van der Waals surface area contributed by atoms with Crippen LogP contribution in [0.15, 0.2) is 48.5 Å². The molecule has 1 unspecified atom stereocenters. The first-order chi connectivity index (χ1) is 10.2. The topological polar surface area (TPSA) is 30.5 Å². The van der Waals surface area contributed by atoms with E-state index in [0.29, 0.717) is 13.2 Å². The molecule has 0 radical (unpaired) electrons. The minimum atomic E-state index is -0.224. The first kappa shape index (κ1) is 15.3. The fraction of sp³-hybridized carbons (Fsp3) is 0.294. The van der Waals surface area contributed by atoms with Crippen LogP contribution in [0.25, 0.3) is 0 Å². The second-order valence-electron chi connectivity index (χ2n) is 4.79. The van der Waals surface area contributed by atoms with Gasteiger partial charge in [-0.25, -0.2) is 4.39 Å². The number of methoxy groups -OCH3 is 1. The van der Waals surface area contributed by atoms with Gasteiger partial charge in [0.15, 0.2) is 0 Å². The van der Waals surface area contributed by atoms with Gasteiger partial charge in [-0.15, -0.1) is 0 Å². The maximum absolute atomic E-state index is 13.2. The molecule has 0 bridgehead atoms. The van der Waals surface area contributed by atoms with E-state index in [1.807, 2.05) is 37.3 Å². The second-order valence-corrected chi connectivity index (χ2v) is 4.79. The predicted octanol–water partition coefficient (Wildman–Crippen LogP) is 4.02. The van der Waals surface area contributed by atoms with Crippen LogP contribution in [0.4, 0.5) is 10.1 Å². The van der Waals surface area contributed by atoms with Gasteiger partial charge in [0.1, 0.15) is 18.2 Å². The van der Waals surface area contributed by atoms with Crippen molar-refractivity contribution in [2.45, 2.75) is 13.0 Å². The van der Waals surface area contributed by atoms with Crippen molar-refractivity contribution >= 4 is 5.69 Å². The highest BCUT2D eigenvalue weighted by molar-refractivity contribution is 5.49. The van der Waals surface area contributed by atoms with Crippen LogP contribution >= 0.6 is 0 Å². The Morgan fingerprint density at radius 1 is 1.10 bits per heavy atom. The van der Waals surface area contributed by atoms with Gasteiger partial charge >= 0.3 is 0 Å². The standard InChI is InChI=1S/C17H20FNO2/c1-13(14-5-3-6-15(18)11-14)19-16-7-4-8-17(12-16)21-10-9-20-2/h3-8,11-13,19H,9-10H2,1-2H3. The molecule has 0 heterocycles. The van der Waals surface area contributed by atoms with Crippen molar-refractivity contribution in [3.05, 3.63) is 59.9 Å². The average Bonchev–Trinajstić information content (AvgIpc) is 2.48. The molecule has 0 aliphatic carbocycles. The first-order valence-corrected chi connectivity index (χ1v) is 6.93. The summed E-state index contributed by atoms with van der Waals surface area (Å²) in [4.78, 5) is 0. The zero-order valence-corrected chi connectivity index (χ0v) is 12.3. The normalized spacial score (nSPS) is 12.0. The molecule has 4 heteroatoms. The van der Waals surface area contributed by atoms with E-state index in [1.54, 1.807) is 13.2 Å². The van der Waals surface area contributed by atoms with Crippen LogP contribution in [0.5, 0.6) is 5.75 Å². The van der Waals surface area contributed by atoms with Gasteiger partial charge in [-0.1, -0.05) is 18.2 Å². The van der Waals surface area contributed by atoms with Crippen molar-refractivity contribution in [1.82, 2.24) is 0 Å². The summed E-state index contributed by atoms with van der Waals surface area (Å²) in [6.07, 6.45) is 0. The summed E-state index contributed by atoms with van der Waals surface area (Å²) in [5.41, 5.74) is 1.84. The predicted molar refractivity (Wildman–Crippen MR) is 82.3 cm³/mol. The van der Waals surface area contributed by atoms with Crippen LogP contribution in [0.1, 0.15) is 18.5 Å². The summed E-state index contributed by atoms with van der Waals surface area (Å²) >= 11 is 0. The molecule has 21 heavy (non-hydrogen) atoms. The Hall–Kier alpha value is -2.07. The highest BCUT2D eigenvalue weighted by Crippen LogP contribution is 2.23. The van der Waals surface area contributed by atoms with Gasteiger partial charge in [-0.05, 0) is 36.8 Å². The van der Waals surface area contributed by atoms with Gasteiger partial charge in [-0.2, -0.15) is 0 Å². The zero-order valence-electron chi connectivity index (χ0n) is 12.3. The average molecular weight is 289 g/mol. The van der Waals surface area contributed by atoms with Crippen molar-refractivity contribution < 1.29 is 13.9 Å². The lowest BCUT2D eigenvalue weighted by Crippen LogP contribution is -2.08. The molecule has 0 spiro atoms. The lowest BCUT2D eigenvalue weighted by atomic mass is 10.1. The minimum absolute atomic E-state index is 0.00919. The molecule has 112 valence electrons. The molecule has 1 N–H and O–H groups in total. The van der Waals surface area contributed by atoms with Crippen molar-refractivity contribution in [1.29, 1.82) is 0 Å². The van der Waals surface area contributed by atoms with E-state index < -0.39 is 0 Å². The summed E-state index contributed by atoms with van der Waals surface area (Å²) in [6, 6.07) is 14.3. The van der Waals surface area contributed by atoms with Gasteiger partial charge in [0.05, 0.1) is 6.61 Å². The molecule has 2 aromatic carbocycles. The number of anilines is 1. The van der Waals surface area contributed by atoms with Crippen LogP contribution in [0.3, 0.4) is 0 Å². The van der Waals surface area contributed by atoms with Gasteiger partial charge in [0.2, 0.25) is 0 Å². The number of ether oxygens (including phenoxy) is 2. The van der Waals surface area contributed by atoms with Gasteiger partial charge in [-0.3, -0.25) is 0 Å². The largest absolute Gasteiger partial charge is 0.491 e. The highest BCUT2D eigenvalue weighted by Gasteiger charge is 2.06. The Morgan fingerprint density at radius 2 is 1.90 bits per heavy atom. The monoisotopic (exact) mass is 289 g/mol. The maximum atomic E-state index is 13.2. The van der Waals surface area contributed by atoms with Crippen molar-refractivity contribution in [2.24, 2.45) is 0 Å². The molecular weight excluding hydrogens is 269 g/mol. The Kier molecular flexibility index (Phi) is 5.58. The number of benzene rings is 2. The molecule has 0 saturated carbocycles. The van der Waals surface area contributed by atoms with E-state index in [1.165, 1.54) is 12.1 Å². The number of hydrogen-bond donors (Lipinski definition) is 1. The fourth-order valence-electron chi connectivity index (χ4n) is 2.03. The van der Waals surface area contributed by atoms with E-state index in [9.17, 15) is 4.39 Å². The third kappa shape index (κ3) is 4.76. The molecule has 0 fully saturated rings. The Balaban J connectivity index is 2.00. The van der Waals surface area contributed by atoms with E-state index in [0.717, 1.165) is 17.0 Å². The Bertz CT molecular complexity index is 574. The zero-order chi connectivity index (χ0) is 15.1. The van der Waals surface area contributed by atoms with Crippen LogP contribution in [-0.2, 0) is 4.74 Å². The fourth-order valence-corrected chi connectivity index (χ4v) is 2.03. The van der Waals surface area contributed by atoms with Gasteiger partial charge in [0, 0.05) is 24.9 Å². The maximum Gasteiger partial charge on any atom is 0.123 e. The number of rotatable bonds is 7. The molecule has 2 rings (SSSR count). The molecule has 0 amide bonds. The third-order valence-corrected chi connectivity index (χ3v) is 3.12. The van der Waals surface area contributed by atoms with E-state index in [-0.39, 0.29) is 11.9 Å². The molecular formula is C17H20FNO2. The summed E-state index contributed by atoms with van der Waals surface area (Å²) in [7, 11) is 1.64.